The Balaban J connectivity index is 1.90. The Labute approximate surface area is 125 Å². The van der Waals surface area contributed by atoms with Crippen molar-refractivity contribution in [2.45, 2.75) is 19.8 Å². The highest BCUT2D eigenvalue weighted by Crippen LogP contribution is 2.19. The first kappa shape index (κ1) is 15.1. The van der Waals surface area contributed by atoms with Gasteiger partial charge in [0.25, 0.3) is 0 Å². The van der Waals surface area contributed by atoms with Crippen molar-refractivity contribution >= 4 is 0 Å². The molecule has 0 aliphatic rings. The minimum Gasteiger partial charge on any atom is -0.493 e. The molecule has 0 atom stereocenters. The van der Waals surface area contributed by atoms with E-state index in [0.717, 1.165) is 23.3 Å². The molecule has 0 aliphatic carbocycles. The number of benzene rings is 1. The zero-order valence-corrected chi connectivity index (χ0v) is 12.5. The summed E-state index contributed by atoms with van der Waals surface area (Å²) in [5, 5.41) is 12.8. The number of hydrogen-bond donors (Lipinski definition) is 1. The molecular formula is C17H20N2O2. The van der Waals surface area contributed by atoms with Crippen molar-refractivity contribution in [2.75, 3.05) is 13.2 Å². The van der Waals surface area contributed by atoms with E-state index in [0.29, 0.717) is 13.0 Å². The number of aliphatic hydroxyl groups is 1. The van der Waals surface area contributed by atoms with Gasteiger partial charge in [-0.2, -0.15) is 5.10 Å². The predicted molar refractivity (Wildman–Crippen MR) is 82.2 cm³/mol. The fourth-order valence-electron chi connectivity index (χ4n) is 1.99. The van der Waals surface area contributed by atoms with Gasteiger partial charge in [0.05, 0.1) is 19.4 Å². The summed E-state index contributed by atoms with van der Waals surface area (Å²) in [7, 11) is 1.91. The Bertz CT molecular complexity index is 650. The summed E-state index contributed by atoms with van der Waals surface area (Å²) < 4.78 is 7.60. The van der Waals surface area contributed by atoms with Crippen LogP contribution in [0.2, 0.25) is 0 Å². The third-order valence-corrected chi connectivity index (χ3v) is 3.05. The van der Waals surface area contributed by atoms with Crippen LogP contribution in [0.1, 0.15) is 23.1 Å². The van der Waals surface area contributed by atoms with Crippen molar-refractivity contribution in [3.05, 3.63) is 47.3 Å². The summed E-state index contributed by atoms with van der Waals surface area (Å²) in [6.45, 7) is 2.74. The van der Waals surface area contributed by atoms with Crippen LogP contribution in [0.4, 0.5) is 0 Å². The van der Waals surface area contributed by atoms with Crippen molar-refractivity contribution < 1.29 is 9.84 Å². The molecule has 0 spiro atoms. The topological polar surface area (TPSA) is 47.3 Å². The lowest BCUT2D eigenvalue weighted by Gasteiger charge is -2.08. The first-order chi connectivity index (χ1) is 10.2. The third kappa shape index (κ3) is 4.66. The Morgan fingerprint density at radius 2 is 2.24 bits per heavy atom. The molecule has 4 nitrogen and oxygen atoms in total. The Morgan fingerprint density at radius 3 is 2.90 bits per heavy atom. The molecule has 0 amide bonds. The highest BCUT2D eigenvalue weighted by molar-refractivity contribution is 5.43. The van der Waals surface area contributed by atoms with Gasteiger partial charge in [-0.1, -0.05) is 11.8 Å². The van der Waals surface area contributed by atoms with E-state index in [4.69, 9.17) is 9.84 Å². The Hall–Kier alpha value is -2.25. The number of nitrogens with zero attached hydrogens (tertiary/aromatic N) is 2. The van der Waals surface area contributed by atoms with Gasteiger partial charge < -0.3 is 9.84 Å². The van der Waals surface area contributed by atoms with Gasteiger partial charge >= 0.3 is 0 Å². The molecule has 0 saturated heterocycles. The second-order valence-electron chi connectivity index (χ2n) is 4.88. The van der Waals surface area contributed by atoms with Crippen molar-refractivity contribution in [2.24, 2.45) is 7.05 Å². The first-order valence-electron chi connectivity index (χ1n) is 7.00. The summed E-state index contributed by atoms with van der Waals surface area (Å²) in [6, 6.07) is 5.89. The van der Waals surface area contributed by atoms with Crippen LogP contribution >= 0.6 is 0 Å². The zero-order chi connectivity index (χ0) is 15.1. The van der Waals surface area contributed by atoms with Crippen LogP contribution < -0.4 is 4.74 Å². The minimum absolute atomic E-state index is 0.0987. The molecule has 0 fully saturated rings. The van der Waals surface area contributed by atoms with E-state index >= 15 is 0 Å². The molecule has 1 N–H and O–H groups in total. The summed E-state index contributed by atoms with van der Waals surface area (Å²) in [5.74, 6) is 6.82. The minimum atomic E-state index is 0.0987. The number of aromatic nitrogens is 2. The lowest BCUT2D eigenvalue weighted by molar-refractivity contribution is 0.305. The quantitative estimate of drug-likeness (QED) is 0.855. The van der Waals surface area contributed by atoms with Crippen LogP contribution in [-0.4, -0.2) is 28.1 Å². The fourth-order valence-corrected chi connectivity index (χ4v) is 1.99. The number of ether oxygens (including phenoxy) is 1. The van der Waals surface area contributed by atoms with Crippen LogP contribution in [-0.2, 0) is 13.5 Å². The van der Waals surface area contributed by atoms with Crippen LogP contribution in [0.15, 0.2) is 30.6 Å². The third-order valence-electron chi connectivity index (χ3n) is 3.05. The number of rotatable bonds is 5. The molecule has 0 bridgehead atoms. The molecule has 1 aromatic heterocycles. The maximum absolute atomic E-state index is 8.71. The van der Waals surface area contributed by atoms with Gasteiger partial charge in [0.1, 0.15) is 5.75 Å². The molecule has 21 heavy (non-hydrogen) atoms. The van der Waals surface area contributed by atoms with Crippen LogP contribution in [0, 0.1) is 18.8 Å². The average Bonchev–Trinajstić information content (AvgIpc) is 2.87. The molecule has 0 radical (unpaired) electrons. The van der Waals surface area contributed by atoms with Crippen molar-refractivity contribution in [1.82, 2.24) is 9.78 Å². The maximum Gasteiger partial charge on any atom is 0.122 e. The molecule has 1 aromatic carbocycles. The highest BCUT2D eigenvalue weighted by Gasteiger charge is 2.02. The molecular weight excluding hydrogens is 264 g/mol. The van der Waals surface area contributed by atoms with Crippen LogP contribution in [0.25, 0.3) is 0 Å². The van der Waals surface area contributed by atoms with Gasteiger partial charge in [0.15, 0.2) is 0 Å². The normalized spacial score (nSPS) is 10.0. The molecule has 0 saturated carbocycles. The molecule has 0 unspecified atom stereocenters. The monoisotopic (exact) mass is 284 g/mol. The first-order valence-corrected chi connectivity index (χ1v) is 7.00. The predicted octanol–water partition coefficient (Wildman–Crippen LogP) is 2.08. The van der Waals surface area contributed by atoms with E-state index in [1.807, 2.05) is 44.6 Å². The molecule has 2 rings (SSSR count). The van der Waals surface area contributed by atoms with E-state index in [1.54, 1.807) is 4.68 Å². The van der Waals surface area contributed by atoms with Crippen LogP contribution in [0.5, 0.6) is 5.75 Å². The smallest absolute Gasteiger partial charge is 0.122 e. The Morgan fingerprint density at radius 1 is 1.38 bits per heavy atom. The van der Waals surface area contributed by atoms with Crippen molar-refractivity contribution in [3.8, 4) is 17.6 Å². The summed E-state index contributed by atoms with van der Waals surface area (Å²) in [5.41, 5.74) is 3.18. The maximum atomic E-state index is 8.71. The van der Waals surface area contributed by atoms with Gasteiger partial charge in [-0.3, -0.25) is 4.68 Å². The van der Waals surface area contributed by atoms with E-state index < -0.39 is 0 Å². The molecule has 2 aromatic rings. The molecule has 4 heteroatoms. The van der Waals surface area contributed by atoms with Crippen molar-refractivity contribution in [3.63, 3.8) is 0 Å². The van der Waals surface area contributed by atoms with Gasteiger partial charge in [0.2, 0.25) is 0 Å². The molecule has 110 valence electrons. The van der Waals surface area contributed by atoms with E-state index in [-0.39, 0.29) is 6.61 Å². The van der Waals surface area contributed by atoms with Gasteiger partial charge in [0, 0.05) is 31.6 Å². The van der Waals surface area contributed by atoms with Gasteiger partial charge in [-0.25, -0.2) is 0 Å². The summed E-state index contributed by atoms with van der Waals surface area (Å²) in [6.07, 6.45) is 5.19. The highest BCUT2D eigenvalue weighted by atomic mass is 16.5. The van der Waals surface area contributed by atoms with Gasteiger partial charge in [-0.15, -0.1) is 0 Å². The fraction of sp³-hybridized carbons (Fsp3) is 0.353. The summed E-state index contributed by atoms with van der Waals surface area (Å²) >= 11 is 0. The van der Waals surface area contributed by atoms with Crippen molar-refractivity contribution in [1.29, 1.82) is 0 Å². The van der Waals surface area contributed by atoms with E-state index in [9.17, 15) is 0 Å². The second-order valence-corrected chi connectivity index (χ2v) is 4.88. The number of hydrogen-bond acceptors (Lipinski definition) is 3. The summed E-state index contributed by atoms with van der Waals surface area (Å²) in [4.78, 5) is 0. The lowest BCUT2D eigenvalue weighted by Crippen LogP contribution is -2.02. The van der Waals surface area contributed by atoms with E-state index in [1.165, 1.54) is 5.56 Å². The van der Waals surface area contributed by atoms with E-state index in [2.05, 4.69) is 16.9 Å². The molecule has 0 aliphatic heterocycles. The average molecular weight is 284 g/mol. The molecule has 1 heterocycles. The number of aliphatic hydroxyl groups excluding tert-OH is 1. The lowest BCUT2D eigenvalue weighted by atomic mass is 10.1. The zero-order valence-electron chi connectivity index (χ0n) is 12.5. The number of aryl methyl sites for hydroxylation is 2. The Kier molecular flexibility index (Phi) is 5.42. The van der Waals surface area contributed by atoms with Crippen LogP contribution in [0.3, 0.4) is 0 Å². The van der Waals surface area contributed by atoms with Gasteiger partial charge in [-0.05, 0) is 36.2 Å². The standard InChI is InChI=1S/C17H20N2O2/c1-14-11-15(5-3-4-9-20)6-7-17(14)21-10-8-16-12-18-19(2)13-16/h6-7,11-13,20H,4,8-10H2,1-2H3. The largest absolute Gasteiger partial charge is 0.493 e. The SMILES string of the molecule is Cc1cc(C#CCCO)ccc1OCCc1cnn(C)c1. The second kappa shape index (κ2) is 7.51.